The molecule has 1 aliphatic carbocycles. The first-order chi connectivity index (χ1) is 25.6. The fraction of sp³-hybridized carbons (Fsp3) is 0.0588. The van der Waals surface area contributed by atoms with Crippen LogP contribution >= 0.6 is 11.3 Å². The average Bonchev–Trinajstić information content (AvgIpc) is 3.69. The van der Waals surface area contributed by atoms with Crippen molar-refractivity contribution in [2.45, 2.75) is 19.3 Å². The van der Waals surface area contributed by atoms with Crippen molar-refractivity contribution in [1.82, 2.24) is 0 Å². The zero-order valence-electron chi connectivity index (χ0n) is 29.1. The summed E-state index contributed by atoms with van der Waals surface area (Å²) in [5, 5.41) is 10.5. The van der Waals surface area contributed by atoms with Gasteiger partial charge < -0.3 is 0 Å². The fourth-order valence-corrected chi connectivity index (χ4v) is 10.8. The Balaban J connectivity index is 1.09. The smallest absolute Gasteiger partial charge is 0.0433 e. The number of hydrogen-bond acceptors (Lipinski definition) is 1. The van der Waals surface area contributed by atoms with Gasteiger partial charge >= 0.3 is 0 Å². The van der Waals surface area contributed by atoms with Gasteiger partial charge in [-0.3, -0.25) is 0 Å². The molecule has 0 saturated heterocycles. The normalized spacial score (nSPS) is 13.3. The Morgan fingerprint density at radius 1 is 0.365 bits per heavy atom. The van der Waals surface area contributed by atoms with Crippen molar-refractivity contribution in [2.24, 2.45) is 0 Å². The lowest BCUT2D eigenvalue weighted by Gasteiger charge is -2.22. The van der Waals surface area contributed by atoms with Gasteiger partial charge in [-0.25, -0.2) is 0 Å². The van der Waals surface area contributed by atoms with Crippen molar-refractivity contribution >= 4 is 63.8 Å². The molecule has 0 atom stereocenters. The van der Waals surface area contributed by atoms with Crippen LogP contribution in [-0.4, -0.2) is 0 Å². The zero-order valence-corrected chi connectivity index (χ0v) is 29.9. The van der Waals surface area contributed by atoms with Crippen molar-refractivity contribution in [3.05, 3.63) is 181 Å². The molecule has 1 heterocycles. The van der Waals surface area contributed by atoms with Crippen molar-refractivity contribution < 1.29 is 0 Å². The van der Waals surface area contributed by atoms with Crippen LogP contribution in [0.15, 0.2) is 170 Å². The minimum absolute atomic E-state index is 0.0977. The monoisotopic (exact) mass is 678 g/mol. The second-order valence-electron chi connectivity index (χ2n) is 14.8. The molecule has 9 aromatic carbocycles. The lowest BCUT2D eigenvalue weighted by molar-refractivity contribution is 0.667. The Hall–Kier alpha value is -6.02. The predicted octanol–water partition coefficient (Wildman–Crippen LogP) is 14.8. The van der Waals surface area contributed by atoms with Crippen LogP contribution in [0.1, 0.15) is 25.0 Å². The second-order valence-corrected chi connectivity index (χ2v) is 15.8. The van der Waals surface area contributed by atoms with E-state index in [1.807, 2.05) is 11.3 Å². The number of rotatable bonds is 3. The lowest BCUT2D eigenvalue weighted by atomic mass is 9.81. The van der Waals surface area contributed by atoms with Crippen molar-refractivity contribution in [3.63, 3.8) is 0 Å². The Kier molecular flexibility index (Phi) is 6.27. The van der Waals surface area contributed by atoms with E-state index in [1.165, 1.54) is 108 Å². The molecule has 0 saturated carbocycles. The second kappa shape index (κ2) is 11.0. The Bertz CT molecular complexity index is 3030. The molecule has 11 rings (SSSR count). The third-order valence-corrected chi connectivity index (χ3v) is 12.9. The van der Waals surface area contributed by atoms with Gasteiger partial charge in [-0.1, -0.05) is 172 Å². The molecule has 0 radical (unpaired) electrons. The van der Waals surface area contributed by atoms with E-state index in [0.29, 0.717) is 0 Å². The highest BCUT2D eigenvalue weighted by molar-refractivity contribution is 7.27. The van der Waals surface area contributed by atoms with Crippen molar-refractivity contribution in [3.8, 4) is 44.5 Å². The van der Waals surface area contributed by atoms with Crippen LogP contribution in [0.25, 0.3) is 97.0 Å². The van der Waals surface area contributed by atoms with Gasteiger partial charge in [0.25, 0.3) is 0 Å². The summed E-state index contributed by atoms with van der Waals surface area (Å²) in [6.07, 6.45) is 0. The third kappa shape index (κ3) is 4.15. The summed E-state index contributed by atoms with van der Waals surface area (Å²) in [6, 6.07) is 63.2. The summed E-state index contributed by atoms with van der Waals surface area (Å²) in [4.78, 5) is 0. The third-order valence-electron chi connectivity index (χ3n) is 11.6. The van der Waals surface area contributed by atoms with Gasteiger partial charge in [0, 0.05) is 25.6 Å². The standard InChI is InChI=1S/C51H34S/c1-51(2)45-28-24-34(30-44(45)41-26-27-43-42-25-23-31-13-6-7-18-36(31)49(42)52-50(43)48(41)51)33-16-12-17-35(29-33)47-39-21-10-8-19-37(39)46(32-14-4-3-5-15-32)38-20-9-11-22-40(38)47/h3-30H,1-2H3. The Morgan fingerprint density at radius 2 is 0.923 bits per heavy atom. The van der Waals surface area contributed by atoms with Crippen LogP contribution in [0.3, 0.4) is 0 Å². The molecule has 10 aromatic rings. The minimum Gasteiger partial charge on any atom is -0.134 e. The van der Waals surface area contributed by atoms with Crippen LogP contribution in [-0.2, 0) is 5.41 Å². The zero-order chi connectivity index (χ0) is 34.6. The molecular formula is C51H34S. The van der Waals surface area contributed by atoms with E-state index in [0.717, 1.165) is 0 Å². The summed E-state index contributed by atoms with van der Waals surface area (Å²) in [6.45, 7) is 4.82. The molecule has 52 heavy (non-hydrogen) atoms. The van der Waals surface area contributed by atoms with Gasteiger partial charge in [-0.15, -0.1) is 11.3 Å². The predicted molar refractivity (Wildman–Crippen MR) is 226 cm³/mol. The first-order valence-electron chi connectivity index (χ1n) is 18.2. The molecule has 1 aromatic heterocycles. The highest BCUT2D eigenvalue weighted by Gasteiger charge is 2.38. The van der Waals surface area contributed by atoms with Crippen LogP contribution < -0.4 is 0 Å². The SMILES string of the molecule is CC1(C)c2ccc(-c3cccc(-c4c5ccccc5c(-c5ccccc5)c5ccccc45)c3)cc2-c2ccc3c(sc4c5ccccc5ccc34)c21. The van der Waals surface area contributed by atoms with Gasteiger partial charge in [0.1, 0.15) is 0 Å². The van der Waals surface area contributed by atoms with Crippen LogP contribution in [0.5, 0.6) is 0 Å². The van der Waals surface area contributed by atoms with E-state index in [4.69, 9.17) is 0 Å². The number of fused-ring (bicyclic) bond motifs is 11. The Labute approximate surface area is 307 Å². The van der Waals surface area contributed by atoms with Crippen LogP contribution in [0, 0.1) is 0 Å². The maximum Gasteiger partial charge on any atom is 0.0433 e. The molecule has 0 nitrogen and oxygen atoms in total. The molecule has 0 spiro atoms. The molecule has 1 heteroatoms. The van der Waals surface area contributed by atoms with E-state index >= 15 is 0 Å². The molecule has 0 amide bonds. The minimum atomic E-state index is -0.0977. The summed E-state index contributed by atoms with van der Waals surface area (Å²) in [7, 11) is 0. The van der Waals surface area contributed by atoms with Gasteiger partial charge in [0.2, 0.25) is 0 Å². The molecular weight excluding hydrogens is 645 g/mol. The summed E-state index contributed by atoms with van der Waals surface area (Å²) < 4.78 is 2.81. The highest BCUT2D eigenvalue weighted by atomic mass is 32.1. The molecule has 0 fully saturated rings. The number of benzene rings is 9. The van der Waals surface area contributed by atoms with E-state index in [-0.39, 0.29) is 5.41 Å². The van der Waals surface area contributed by atoms with E-state index in [1.54, 1.807) is 0 Å². The highest BCUT2D eigenvalue weighted by Crippen LogP contribution is 2.55. The average molecular weight is 679 g/mol. The van der Waals surface area contributed by atoms with Crippen LogP contribution in [0.2, 0.25) is 0 Å². The molecule has 0 aliphatic heterocycles. The fourth-order valence-electron chi connectivity index (χ4n) is 9.25. The molecule has 1 aliphatic rings. The maximum absolute atomic E-state index is 2.45. The van der Waals surface area contributed by atoms with E-state index < -0.39 is 0 Å². The molecule has 0 unspecified atom stereocenters. The number of thiophene rings is 1. The topological polar surface area (TPSA) is 0 Å². The van der Waals surface area contributed by atoms with Crippen molar-refractivity contribution in [1.29, 1.82) is 0 Å². The maximum atomic E-state index is 2.45. The quantitative estimate of drug-likeness (QED) is 0.163. The molecule has 244 valence electrons. The van der Waals surface area contributed by atoms with E-state index in [9.17, 15) is 0 Å². The van der Waals surface area contributed by atoms with Gasteiger partial charge in [0.15, 0.2) is 0 Å². The summed E-state index contributed by atoms with van der Waals surface area (Å²) >= 11 is 1.97. The van der Waals surface area contributed by atoms with Crippen molar-refractivity contribution in [2.75, 3.05) is 0 Å². The Morgan fingerprint density at radius 3 is 1.65 bits per heavy atom. The first kappa shape index (κ1) is 29.7. The van der Waals surface area contributed by atoms with Gasteiger partial charge in [0.05, 0.1) is 0 Å². The first-order valence-corrected chi connectivity index (χ1v) is 19.0. The molecule has 0 bridgehead atoms. The van der Waals surface area contributed by atoms with Crippen LogP contribution in [0.4, 0.5) is 0 Å². The largest absolute Gasteiger partial charge is 0.134 e. The summed E-state index contributed by atoms with van der Waals surface area (Å²) in [5.41, 5.74) is 13.1. The van der Waals surface area contributed by atoms with Gasteiger partial charge in [-0.2, -0.15) is 0 Å². The van der Waals surface area contributed by atoms with Gasteiger partial charge in [-0.05, 0) is 100 Å². The summed E-state index contributed by atoms with van der Waals surface area (Å²) in [5.74, 6) is 0. The lowest BCUT2D eigenvalue weighted by Crippen LogP contribution is -2.15. The molecule has 0 N–H and O–H groups in total. The number of hydrogen-bond donors (Lipinski definition) is 0. The van der Waals surface area contributed by atoms with E-state index in [2.05, 4.69) is 184 Å².